The molecule has 0 fully saturated rings. The van der Waals surface area contributed by atoms with Crippen molar-refractivity contribution in [2.45, 2.75) is 6.92 Å². The Kier molecular flexibility index (Phi) is 4.14. The maximum atomic E-state index is 12.1. The van der Waals surface area contributed by atoms with Crippen LogP contribution in [0.15, 0.2) is 30.5 Å². The molecule has 1 aromatic carbocycles. The quantitative estimate of drug-likeness (QED) is 0.923. The van der Waals surface area contributed by atoms with Crippen LogP contribution < -0.4 is 14.8 Å². The third-order valence-electron chi connectivity index (χ3n) is 2.66. The number of methoxy groups -OCH3 is 2. The van der Waals surface area contributed by atoms with Gasteiger partial charge in [0.2, 0.25) is 0 Å². The van der Waals surface area contributed by atoms with Crippen LogP contribution in [0.3, 0.4) is 0 Å². The van der Waals surface area contributed by atoms with Gasteiger partial charge in [-0.15, -0.1) is 0 Å². The zero-order valence-electron chi connectivity index (χ0n) is 11.5. The fourth-order valence-corrected chi connectivity index (χ4v) is 1.68. The SMILES string of the molecule is COc1ccc(OC)c(NC(=O)c2ccnc(C)n2)c1. The van der Waals surface area contributed by atoms with Crippen molar-refractivity contribution in [1.29, 1.82) is 0 Å². The molecule has 0 aliphatic heterocycles. The summed E-state index contributed by atoms with van der Waals surface area (Å²) in [7, 11) is 3.09. The van der Waals surface area contributed by atoms with Gasteiger partial charge >= 0.3 is 0 Å². The molecule has 104 valence electrons. The minimum absolute atomic E-state index is 0.294. The van der Waals surface area contributed by atoms with Crippen molar-refractivity contribution in [2.24, 2.45) is 0 Å². The zero-order chi connectivity index (χ0) is 14.5. The third kappa shape index (κ3) is 3.03. The lowest BCUT2D eigenvalue weighted by Crippen LogP contribution is -2.15. The number of hydrogen-bond acceptors (Lipinski definition) is 5. The molecule has 0 aliphatic rings. The molecule has 0 saturated carbocycles. The molecule has 0 bridgehead atoms. The number of rotatable bonds is 4. The molecule has 0 unspecified atom stereocenters. The number of amides is 1. The van der Waals surface area contributed by atoms with Crippen molar-refractivity contribution in [3.05, 3.63) is 42.0 Å². The summed E-state index contributed by atoms with van der Waals surface area (Å²) in [6.07, 6.45) is 1.54. The summed E-state index contributed by atoms with van der Waals surface area (Å²) in [5.41, 5.74) is 0.815. The number of hydrogen-bond donors (Lipinski definition) is 1. The number of aromatic nitrogens is 2. The molecule has 1 amide bonds. The predicted octanol–water partition coefficient (Wildman–Crippen LogP) is 2.05. The van der Waals surface area contributed by atoms with Crippen molar-refractivity contribution in [2.75, 3.05) is 19.5 Å². The molecule has 0 spiro atoms. The van der Waals surface area contributed by atoms with E-state index in [2.05, 4.69) is 15.3 Å². The molecule has 20 heavy (non-hydrogen) atoms. The standard InChI is InChI=1S/C14H15N3O3/c1-9-15-7-6-11(16-9)14(18)17-12-8-10(19-2)4-5-13(12)20-3/h4-8H,1-3H3,(H,17,18). The van der Waals surface area contributed by atoms with Crippen LogP contribution >= 0.6 is 0 Å². The van der Waals surface area contributed by atoms with Gasteiger partial charge in [0.15, 0.2) is 0 Å². The Bertz CT molecular complexity index is 629. The van der Waals surface area contributed by atoms with Crippen molar-refractivity contribution in [3.63, 3.8) is 0 Å². The van der Waals surface area contributed by atoms with E-state index in [-0.39, 0.29) is 5.91 Å². The van der Waals surface area contributed by atoms with E-state index in [0.29, 0.717) is 28.7 Å². The average molecular weight is 273 g/mol. The molecule has 1 heterocycles. The number of aryl methyl sites for hydroxylation is 1. The van der Waals surface area contributed by atoms with Gasteiger partial charge in [-0.25, -0.2) is 9.97 Å². The van der Waals surface area contributed by atoms with Crippen molar-refractivity contribution in [1.82, 2.24) is 9.97 Å². The molecule has 0 saturated heterocycles. The molecule has 0 atom stereocenters. The van der Waals surface area contributed by atoms with Crippen LogP contribution in [0.2, 0.25) is 0 Å². The lowest BCUT2D eigenvalue weighted by atomic mass is 10.2. The van der Waals surface area contributed by atoms with E-state index in [0.717, 1.165) is 0 Å². The molecule has 1 aromatic heterocycles. The molecule has 2 rings (SSSR count). The highest BCUT2D eigenvalue weighted by molar-refractivity contribution is 6.03. The van der Waals surface area contributed by atoms with Gasteiger partial charge in [-0.1, -0.05) is 0 Å². The van der Waals surface area contributed by atoms with E-state index in [9.17, 15) is 4.79 Å². The highest BCUT2D eigenvalue weighted by atomic mass is 16.5. The minimum Gasteiger partial charge on any atom is -0.497 e. The van der Waals surface area contributed by atoms with Crippen molar-refractivity contribution < 1.29 is 14.3 Å². The summed E-state index contributed by atoms with van der Waals surface area (Å²) >= 11 is 0. The fraction of sp³-hybridized carbons (Fsp3) is 0.214. The van der Waals surface area contributed by atoms with E-state index in [1.165, 1.54) is 7.11 Å². The number of ether oxygens (including phenoxy) is 2. The fourth-order valence-electron chi connectivity index (χ4n) is 1.68. The number of benzene rings is 1. The average Bonchev–Trinajstić information content (AvgIpc) is 2.47. The van der Waals surface area contributed by atoms with Gasteiger partial charge in [0.25, 0.3) is 5.91 Å². The molecule has 2 aromatic rings. The summed E-state index contributed by atoms with van der Waals surface area (Å²) in [6, 6.07) is 6.71. The van der Waals surface area contributed by atoms with Crippen molar-refractivity contribution >= 4 is 11.6 Å². The lowest BCUT2D eigenvalue weighted by molar-refractivity contribution is 0.102. The van der Waals surface area contributed by atoms with Gasteiger partial charge in [0.05, 0.1) is 19.9 Å². The third-order valence-corrected chi connectivity index (χ3v) is 2.66. The van der Waals surface area contributed by atoms with Crippen LogP contribution in [0, 0.1) is 6.92 Å². The summed E-state index contributed by atoms with van der Waals surface area (Å²) in [5.74, 6) is 1.38. The largest absolute Gasteiger partial charge is 0.497 e. The normalized spacial score (nSPS) is 9.95. The van der Waals surface area contributed by atoms with E-state index < -0.39 is 0 Å². The first-order valence-corrected chi connectivity index (χ1v) is 5.97. The summed E-state index contributed by atoms with van der Waals surface area (Å²) in [6.45, 7) is 1.73. The lowest BCUT2D eigenvalue weighted by Gasteiger charge is -2.11. The maximum Gasteiger partial charge on any atom is 0.274 e. The molecule has 6 nitrogen and oxygen atoms in total. The van der Waals surface area contributed by atoms with E-state index >= 15 is 0 Å². The van der Waals surface area contributed by atoms with Crippen LogP contribution in [0.5, 0.6) is 11.5 Å². The second-order valence-electron chi connectivity index (χ2n) is 4.01. The number of nitrogens with zero attached hydrogens (tertiary/aromatic N) is 2. The topological polar surface area (TPSA) is 73.3 Å². The smallest absolute Gasteiger partial charge is 0.274 e. The maximum absolute atomic E-state index is 12.1. The van der Waals surface area contributed by atoms with Gasteiger partial charge in [-0.2, -0.15) is 0 Å². The molecule has 1 N–H and O–H groups in total. The van der Waals surface area contributed by atoms with E-state index in [1.807, 2.05) is 0 Å². The van der Waals surface area contributed by atoms with Crippen LogP contribution in [-0.2, 0) is 0 Å². The van der Waals surface area contributed by atoms with Gasteiger partial charge in [-0.05, 0) is 25.1 Å². The Hall–Kier alpha value is -2.63. The summed E-state index contributed by atoms with van der Waals surface area (Å²) in [4.78, 5) is 20.2. The second kappa shape index (κ2) is 6.01. The van der Waals surface area contributed by atoms with Gasteiger partial charge in [-0.3, -0.25) is 4.79 Å². The highest BCUT2D eigenvalue weighted by Crippen LogP contribution is 2.29. The number of nitrogens with one attached hydrogen (secondary N) is 1. The van der Waals surface area contributed by atoms with Gasteiger partial charge in [0.1, 0.15) is 23.0 Å². The highest BCUT2D eigenvalue weighted by Gasteiger charge is 2.12. The molecule has 6 heteroatoms. The minimum atomic E-state index is -0.331. The monoisotopic (exact) mass is 273 g/mol. The van der Waals surface area contributed by atoms with Crippen LogP contribution in [0.25, 0.3) is 0 Å². The Labute approximate surface area is 116 Å². The van der Waals surface area contributed by atoms with Gasteiger partial charge < -0.3 is 14.8 Å². The van der Waals surface area contributed by atoms with Crippen LogP contribution in [-0.4, -0.2) is 30.1 Å². The Balaban J connectivity index is 2.27. The Morgan fingerprint density at radius 1 is 1.20 bits per heavy atom. The van der Waals surface area contributed by atoms with Gasteiger partial charge in [0, 0.05) is 12.3 Å². The van der Waals surface area contributed by atoms with E-state index in [4.69, 9.17) is 9.47 Å². The van der Waals surface area contributed by atoms with Crippen LogP contribution in [0.1, 0.15) is 16.3 Å². The van der Waals surface area contributed by atoms with Crippen molar-refractivity contribution in [3.8, 4) is 11.5 Å². The zero-order valence-corrected chi connectivity index (χ0v) is 11.5. The molecule has 0 aliphatic carbocycles. The summed E-state index contributed by atoms with van der Waals surface area (Å²) in [5, 5.41) is 2.75. The predicted molar refractivity (Wildman–Crippen MR) is 74.3 cm³/mol. The first kappa shape index (κ1) is 13.8. The van der Waals surface area contributed by atoms with E-state index in [1.54, 1.807) is 44.5 Å². The Morgan fingerprint density at radius 3 is 2.65 bits per heavy atom. The molecule has 0 radical (unpaired) electrons. The number of carbonyl (C=O) groups excluding carboxylic acids is 1. The molecular weight excluding hydrogens is 258 g/mol. The first-order chi connectivity index (χ1) is 9.63. The molecular formula is C14H15N3O3. The van der Waals surface area contributed by atoms with Crippen LogP contribution in [0.4, 0.5) is 5.69 Å². The number of anilines is 1. The summed E-state index contributed by atoms with van der Waals surface area (Å²) < 4.78 is 10.3. The Morgan fingerprint density at radius 2 is 2.00 bits per heavy atom. The second-order valence-corrected chi connectivity index (χ2v) is 4.01. The first-order valence-electron chi connectivity index (χ1n) is 5.97. The number of carbonyl (C=O) groups is 1.